The van der Waals surface area contributed by atoms with E-state index in [4.69, 9.17) is 5.11 Å². The van der Waals surface area contributed by atoms with Crippen LogP contribution < -0.4 is 5.32 Å². The maximum absolute atomic E-state index is 11.1. The Morgan fingerprint density at radius 1 is 1.71 bits per heavy atom. The highest BCUT2D eigenvalue weighted by atomic mass is 79.9. The number of aliphatic hydroxyl groups is 1. The van der Waals surface area contributed by atoms with Gasteiger partial charge in [0.1, 0.15) is 0 Å². The van der Waals surface area contributed by atoms with Gasteiger partial charge in [-0.3, -0.25) is 4.79 Å². The monoisotopic (exact) mass is 275 g/mol. The number of hydrogen-bond acceptors (Lipinski definition) is 3. The van der Waals surface area contributed by atoms with Crippen molar-refractivity contribution in [2.45, 2.75) is 0 Å². The van der Waals surface area contributed by atoms with Crippen molar-refractivity contribution in [1.29, 1.82) is 0 Å². The molecule has 76 valence electrons. The highest BCUT2D eigenvalue weighted by Gasteiger charge is 1.95. The molecular weight excluding hydrogens is 266 g/mol. The third kappa shape index (κ3) is 4.04. The molecule has 0 aliphatic carbocycles. The summed E-state index contributed by atoms with van der Waals surface area (Å²) < 4.78 is 1.04. The molecule has 0 saturated carbocycles. The van der Waals surface area contributed by atoms with Crippen LogP contribution in [0.2, 0.25) is 0 Å². The quantitative estimate of drug-likeness (QED) is 0.821. The average Bonchev–Trinajstić information content (AvgIpc) is 2.58. The van der Waals surface area contributed by atoms with Crippen LogP contribution in [0, 0.1) is 0 Å². The molecule has 0 aromatic carbocycles. The van der Waals surface area contributed by atoms with Crippen LogP contribution in [0.15, 0.2) is 21.3 Å². The summed E-state index contributed by atoms with van der Waals surface area (Å²) in [6.07, 6.45) is 3.18. The fourth-order valence-electron chi connectivity index (χ4n) is 0.821. The van der Waals surface area contributed by atoms with Crippen LogP contribution in [-0.2, 0) is 4.79 Å². The number of hydrogen-bond donors (Lipinski definition) is 2. The smallest absolute Gasteiger partial charge is 0.244 e. The predicted octanol–water partition coefficient (Wildman–Crippen LogP) is 1.63. The summed E-state index contributed by atoms with van der Waals surface area (Å²) in [5, 5.41) is 12.9. The van der Waals surface area contributed by atoms with Crippen LogP contribution >= 0.6 is 27.3 Å². The van der Waals surface area contributed by atoms with Gasteiger partial charge in [0.15, 0.2) is 0 Å². The molecule has 0 unspecified atom stereocenters. The molecular formula is C9H10BrNO2S. The van der Waals surface area contributed by atoms with Gasteiger partial charge in [0.25, 0.3) is 0 Å². The molecule has 5 heteroatoms. The summed E-state index contributed by atoms with van der Waals surface area (Å²) in [6, 6.07) is 1.93. The van der Waals surface area contributed by atoms with Gasteiger partial charge >= 0.3 is 0 Å². The zero-order valence-electron chi connectivity index (χ0n) is 7.37. The van der Waals surface area contributed by atoms with Crippen molar-refractivity contribution in [1.82, 2.24) is 5.32 Å². The van der Waals surface area contributed by atoms with Crippen molar-refractivity contribution >= 4 is 39.2 Å². The van der Waals surface area contributed by atoms with Crippen LogP contribution in [0.3, 0.4) is 0 Å². The molecule has 0 saturated heterocycles. The summed E-state index contributed by atoms with van der Waals surface area (Å²) in [7, 11) is 0. The summed E-state index contributed by atoms with van der Waals surface area (Å²) in [4.78, 5) is 11.1. The Kier molecular flexibility index (Phi) is 4.86. The summed E-state index contributed by atoms with van der Waals surface area (Å²) in [6.45, 7) is 0.250. The van der Waals surface area contributed by atoms with E-state index in [-0.39, 0.29) is 19.1 Å². The Morgan fingerprint density at radius 2 is 2.50 bits per heavy atom. The predicted molar refractivity (Wildman–Crippen MR) is 61.1 cm³/mol. The van der Waals surface area contributed by atoms with E-state index in [9.17, 15) is 4.79 Å². The molecule has 0 aliphatic rings. The first-order valence-electron chi connectivity index (χ1n) is 4.03. The van der Waals surface area contributed by atoms with Crippen LogP contribution in [0.1, 0.15) is 5.56 Å². The molecule has 0 aliphatic heterocycles. The standard InChI is InChI=1S/C9H10BrNO2S/c10-8-5-7(6-14-8)1-2-9(13)11-3-4-12/h1-2,5-6,12H,3-4H2,(H,11,13)/b2-1+. The van der Waals surface area contributed by atoms with E-state index in [2.05, 4.69) is 21.2 Å². The van der Waals surface area contributed by atoms with E-state index < -0.39 is 0 Å². The minimum Gasteiger partial charge on any atom is -0.395 e. The van der Waals surface area contributed by atoms with E-state index in [0.717, 1.165) is 9.35 Å². The van der Waals surface area contributed by atoms with Crippen LogP contribution in [0.25, 0.3) is 6.08 Å². The molecule has 1 rings (SSSR count). The molecule has 3 nitrogen and oxygen atoms in total. The lowest BCUT2D eigenvalue weighted by atomic mass is 10.3. The third-order valence-electron chi connectivity index (χ3n) is 1.43. The van der Waals surface area contributed by atoms with Crippen molar-refractivity contribution in [2.75, 3.05) is 13.2 Å². The third-order valence-corrected chi connectivity index (χ3v) is 2.95. The van der Waals surface area contributed by atoms with Gasteiger partial charge < -0.3 is 10.4 Å². The van der Waals surface area contributed by atoms with Crippen molar-refractivity contribution < 1.29 is 9.90 Å². The lowest BCUT2D eigenvalue weighted by Crippen LogP contribution is -2.24. The zero-order chi connectivity index (χ0) is 10.4. The van der Waals surface area contributed by atoms with Gasteiger partial charge in [0.2, 0.25) is 5.91 Å². The molecule has 2 N–H and O–H groups in total. The topological polar surface area (TPSA) is 49.3 Å². The minimum atomic E-state index is -0.193. The van der Waals surface area contributed by atoms with Crippen LogP contribution in [-0.4, -0.2) is 24.2 Å². The fourth-order valence-corrected chi connectivity index (χ4v) is 1.96. The van der Waals surface area contributed by atoms with Gasteiger partial charge in [0, 0.05) is 12.6 Å². The van der Waals surface area contributed by atoms with Gasteiger partial charge in [-0.1, -0.05) is 0 Å². The second-order valence-electron chi connectivity index (χ2n) is 2.53. The fraction of sp³-hybridized carbons (Fsp3) is 0.222. The Balaban J connectivity index is 2.43. The molecule has 0 radical (unpaired) electrons. The molecule has 1 aromatic heterocycles. The second-order valence-corrected chi connectivity index (χ2v) is 4.82. The molecule has 1 amide bonds. The Hall–Kier alpha value is -0.650. The molecule has 0 spiro atoms. The summed E-state index contributed by atoms with van der Waals surface area (Å²) in [5.74, 6) is -0.193. The lowest BCUT2D eigenvalue weighted by Gasteiger charge is -1.95. The highest BCUT2D eigenvalue weighted by Crippen LogP contribution is 2.21. The maximum atomic E-state index is 11.1. The number of amides is 1. The number of halogens is 1. The van der Waals surface area contributed by atoms with Gasteiger partial charge in [0.05, 0.1) is 10.4 Å². The first kappa shape index (κ1) is 11.4. The van der Waals surface area contributed by atoms with Crippen molar-refractivity contribution in [2.24, 2.45) is 0 Å². The normalized spacial score (nSPS) is 10.7. The SMILES string of the molecule is O=C(/C=C/c1csc(Br)c1)NCCO. The Bertz CT molecular complexity index is 335. The maximum Gasteiger partial charge on any atom is 0.244 e. The van der Waals surface area contributed by atoms with Gasteiger partial charge in [-0.2, -0.15) is 0 Å². The minimum absolute atomic E-state index is 0.0381. The van der Waals surface area contributed by atoms with E-state index in [1.54, 1.807) is 17.4 Å². The van der Waals surface area contributed by atoms with E-state index >= 15 is 0 Å². The number of thiophene rings is 1. The molecule has 0 bridgehead atoms. The second kappa shape index (κ2) is 5.95. The van der Waals surface area contributed by atoms with E-state index in [1.165, 1.54) is 6.08 Å². The zero-order valence-corrected chi connectivity index (χ0v) is 9.77. The van der Waals surface area contributed by atoms with E-state index in [1.807, 2.05) is 11.4 Å². The van der Waals surface area contributed by atoms with E-state index in [0.29, 0.717) is 0 Å². The number of nitrogens with one attached hydrogen (secondary N) is 1. The average molecular weight is 276 g/mol. The number of rotatable bonds is 4. The van der Waals surface area contributed by atoms with Gasteiger partial charge in [-0.15, -0.1) is 11.3 Å². The molecule has 0 atom stereocenters. The Morgan fingerprint density at radius 3 is 3.07 bits per heavy atom. The number of carbonyl (C=O) groups excluding carboxylic acids is 1. The van der Waals surface area contributed by atoms with Crippen LogP contribution in [0.5, 0.6) is 0 Å². The van der Waals surface area contributed by atoms with Gasteiger partial charge in [-0.05, 0) is 39.0 Å². The summed E-state index contributed by atoms with van der Waals surface area (Å²) >= 11 is 4.90. The highest BCUT2D eigenvalue weighted by molar-refractivity contribution is 9.11. The lowest BCUT2D eigenvalue weighted by molar-refractivity contribution is -0.116. The molecule has 14 heavy (non-hydrogen) atoms. The molecule has 1 aromatic rings. The van der Waals surface area contributed by atoms with Crippen LogP contribution in [0.4, 0.5) is 0 Å². The summed E-state index contributed by atoms with van der Waals surface area (Å²) in [5.41, 5.74) is 0.987. The first-order chi connectivity index (χ1) is 6.72. The number of carbonyl (C=O) groups is 1. The van der Waals surface area contributed by atoms with Crippen molar-refractivity contribution in [3.05, 3.63) is 26.9 Å². The Labute approximate surface area is 94.6 Å². The van der Waals surface area contributed by atoms with Crippen molar-refractivity contribution in [3.8, 4) is 0 Å². The van der Waals surface area contributed by atoms with Crippen molar-refractivity contribution in [3.63, 3.8) is 0 Å². The molecule has 1 heterocycles. The van der Waals surface area contributed by atoms with Gasteiger partial charge in [-0.25, -0.2) is 0 Å². The largest absolute Gasteiger partial charge is 0.395 e. The number of aliphatic hydroxyl groups excluding tert-OH is 1. The first-order valence-corrected chi connectivity index (χ1v) is 5.70. The molecule has 0 fully saturated rings.